The van der Waals surface area contributed by atoms with E-state index in [1.807, 2.05) is 6.92 Å². The Morgan fingerprint density at radius 2 is 1.93 bits per heavy atom. The molecule has 0 bridgehead atoms. The molecule has 8 heteroatoms. The predicted molar refractivity (Wildman–Crippen MR) is 102 cm³/mol. The van der Waals surface area contributed by atoms with Gasteiger partial charge in [-0.1, -0.05) is 12.8 Å². The van der Waals surface area contributed by atoms with Crippen LogP contribution in [0.25, 0.3) is 0 Å². The highest BCUT2D eigenvalue weighted by atomic mass is 32.2. The number of fused-ring (bicyclic) bond motifs is 1. The molecule has 1 fully saturated rings. The Balaban J connectivity index is 1.67. The molecule has 1 N–H and O–H groups in total. The average molecular weight is 394 g/mol. The predicted octanol–water partition coefficient (Wildman–Crippen LogP) is 2.00. The molecular weight excluding hydrogens is 368 g/mol. The first-order valence-electron chi connectivity index (χ1n) is 9.30. The summed E-state index contributed by atoms with van der Waals surface area (Å²) in [5.41, 5.74) is 1.69. The molecule has 0 aromatic heterocycles. The lowest BCUT2D eigenvalue weighted by molar-refractivity contribution is -0.129. The van der Waals surface area contributed by atoms with Crippen molar-refractivity contribution in [2.75, 3.05) is 10.6 Å². The minimum atomic E-state index is -3.38. The van der Waals surface area contributed by atoms with E-state index in [1.165, 1.54) is 10.6 Å². The standard InChI is InChI=1S/C19H26N2O5S/c1-12-10-15-11-14(8-9-17(15)21(12)27(3,24)25)19(23)26-13(2)18(22)20-16-6-4-5-7-16/h8-9,11-13,16H,4-7,10H2,1-3H3,(H,20,22)/t12-,13-/m0/s1. The van der Waals surface area contributed by atoms with Gasteiger partial charge < -0.3 is 10.1 Å². The zero-order chi connectivity index (χ0) is 19.8. The number of sulfonamides is 1. The number of hydrogen-bond donors (Lipinski definition) is 1. The highest BCUT2D eigenvalue weighted by Crippen LogP contribution is 2.34. The van der Waals surface area contributed by atoms with Crippen LogP contribution in [0.3, 0.4) is 0 Å². The third-order valence-electron chi connectivity index (χ3n) is 5.18. The molecule has 1 aromatic carbocycles. The van der Waals surface area contributed by atoms with Crippen molar-refractivity contribution in [3.63, 3.8) is 0 Å². The van der Waals surface area contributed by atoms with E-state index in [4.69, 9.17) is 4.74 Å². The number of hydrogen-bond acceptors (Lipinski definition) is 5. The second kappa shape index (κ2) is 7.50. The van der Waals surface area contributed by atoms with Crippen molar-refractivity contribution in [3.05, 3.63) is 29.3 Å². The zero-order valence-corrected chi connectivity index (χ0v) is 16.7. The van der Waals surface area contributed by atoms with Crippen LogP contribution in [0.5, 0.6) is 0 Å². The summed E-state index contributed by atoms with van der Waals surface area (Å²) in [7, 11) is -3.38. The lowest BCUT2D eigenvalue weighted by atomic mass is 10.1. The molecule has 0 unspecified atom stereocenters. The third-order valence-corrected chi connectivity index (χ3v) is 6.45. The van der Waals surface area contributed by atoms with E-state index in [1.54, 1.807) is 25.1 Å². The Hall–Kier alpha value is -2.09. The Morgan fingerprint density at radius 1 is 1.26 bits per heavy atom. The number of nitrogens with one attached hydrogen (secondary N) is 1. The zero-order valence-electron chi connectivity index (χ0n) is 15.9. The van der Waals surface area contributed by atoms with Crippen LogP contribution >= 0.6 is 0 Å². The molecule has 0 radical (unpaired) electrons. The van der Waals surface area contributed by atoms with Crippen LogP contribution in [-0.2, 0) is 26.0 Å². The molecule has 2 aliphatic rings. The van der Waals surface area contributed by atoms with Crippen LogP contribution in [0.15, 0.2) is 18.2 Å². The first-order valence-corrected chi connectivity index (χ1v) is 11.2. The van der Waals surface area contributed by atoms with E-state index in [9.17, 15) is 18.0 Å². The Labute approximate surface area is 160 Å². The minimum absolute atomic E-state index is 0.169. The van der Waals surface area contributed by atoms with Crippen molar-refractivity contribution in [1.82, 2.24) is 5.32 Å². The minimum Gasteiger partial charge on any atom is -0.449 e. The highest BCUT2D eigenvalue weighted by molar-refractivity contribution is 7.92. The van der Waals surface area contributed by atoms with Gasteiger partial charge in [-0.2, -0.15) is 0 Å². The molecule has 0 saturated heterocycles. The fourth-order valence-electron chi connectivity index (χ4n) is 3.91. The summed E-state index contributed by atoms with van der Waals surface area (Å²) < 4.78 is 30.6. The molecule has 3 rings (SSSR count). The van der Waals surface area contributed by atoms with Gasteiger partial charge in [-0.25, -0.2) is 13.2 Å². The molecule has 1 aliphatic carbocycles. The van der Waals surface area contributed by atoms with Crippen LogP contribution in [0.1, 0.15) is 55.5 Å². The summed E-state index contributed by atoms with van der Waals surface area (Å²) in [6.07, 6.45) is 4.97. The van der Waals surface area contributed by atoms with Crippen molar-refractivity contribution in [3.8, 4) is 0 Å². The van der Waals surface area contributed by atoms with Crippen LogP contribution in [-0.4, -0.2) is 44.7 Å². The topological polar surface area (TPSA) is 92.8 Å². The van der Waals surface area contributed by atoms with Gasteiger partial charge in [0.25, 0.3) is 5.91 Å². The van der Waals surface area contributed by atoms with Crippen molar-refractivity contribution in [2.24, 2.45) is 0 Å². The number of carbonyl (C=O) groups excluding carboxylic acids is 2. The number of esters is 1. The Kier molecular flexibility index (Phi) is 5.46. The van der Waals surface area contributed by atoms with Crippen LogP contribution in [0.4, 0.5) is 5.69 Å². The summed E-state index contributed by atoms with van der Waals surface area (Å²) in [6, 6.07) is 4.79. The average Bonchev–Trinajstić information content (AvgIpc) is 3.19. The van der Waals surface area contributed by atoms with Crippen molar-refractivity contribution in [2.45, 2.75) is 64.1 Å². The van der Waals surface area contributed by atoms with Crippen molar-refractivity contribution < 1.29 is 22.7 Å². The van der Waals surface area contributed by atoms with Crippen molar-refractivity contribution >= 4 is 27.6 Å². The molecule has 148 valence electrons. The molecule has 27 heavy (non-hydrogen) atoms. The number of ether oxygens (including phenoxy) is 1. The van der Waals surface area contributed by atoms with Gasteiger partial charge >= 0.3 is 5.97 Å². The summed E-state index contributed by atoms with van der Waals surface area (Å²) >= 11 is 0. The van der Waals surface area contributed by atoms with E-state index < -0.39 is 22.1 Å². The maximum absolute atomic E-state index is 12.4. The number of anilines is 1. The number of nitrogens with zero attached hydrogens (tertiary/aromatic N) is 1. The number of benzene rings is 1. The molecule has 2 atom stereocenters. The second-order valence-electron chi connectivity index (χ2n) is 7.49. The maximum Gasteiger partial charge on any atom is 0.338 e. The number of carbonyl (C=O) groups is 2. The quantitative estimate of drug-likeness (QED) is 0.771. The van der Waals surface area contributed by atoms with Crippen LogP contribution < -0.4 is 9.62 Å². The number of amides is 1. The largest absolute Gasteiger partial charge is 0.449 e. The van der Waals surface area contributed by atoms with Gasteiger partial charge in [-0.3, -0.25) is 9.10 Å². The summed E-state index contributed by atoms with van der Waals surface area (Å²) in [5.74, 6) is -0.870. The van der Waals surface area contributed by atoms with Crippen LogP contribution in [0.2, 0.25) is 0 Å². The molecule has 1 amide bonds. The molecule has 1 aromatic rings. The lowest BCUT2D eigenvalue weighted by Crippen LogP contribution is -2.40. The fourth-order valence-corrected chi connectivity index (χ4v) is 5.17. The van der Waals surface area contributed by atoms with E-state index in [-0.39, 0.29) is 18.0 Å². The molecule has 1 heterocycles. The van der Waals surface area contributed by atoms with Gasteiger partial charge in [0.2, 0.25) is 10.0 Å². The lowest BCUT2D eigenvalue weighted by Gasteiger charge is -2.22. The monoisotopic (exact) mass is 394 g/mol. The van der Waals surface area contributed by atoms with Crippen LogP contribution in [0, 0.1) is 0 Å². The van der Waals surface area contributed by atoms with Crippen molar-refractivity contribution in [1.29, 1.82) is 0 Å². The smallest absolute Gasteiger partial charge is 0.338 e. The highest BCUT2D eigenvalue weighted by Gasteiger charge is 2.33. The van der Waals surface area contributed by atoms with E-state index in [2.05, 4.69) is 5.32 Å². The van der Waals surface area contributed by atoms with Gasteiger partial charge in [0.05, 0.1) is 17.5 Å². The SMILES string of the molecule is C[C@H](OC(=O)c1ccc2c(c1)C[C@H](C)N2S(C)(=O)=O)C(=O)NC1CCCC1. The van der Waals surface area contributed by atoms with Gasteiger partial charge in [0.1, 0.15) is 0 Å². The van der Waals surface area contributed by atoms with Gasteiger partial charge in [-0.05, 0) is 56.9 Å². The van der Waals surface area contributed by atoms with E-state index >= 15 is 0 Å². The van der Waals surface area contributed by atoms with Gasteiger partial charge in [-0.15, -0.1) is 0 Å². The Bertz CT molecular complexity index is 846. The molecule has 1 aliphatic heterocycles. The van der Waals surface area contributed by atoms with E-state index in [0.29, 0.717) is 17.7 Å². The molecule has 0 spiro atoms. The summed E-state index contributed by atoms with van der Waals surface area (Å²) in [5, 5.41) is 2.92. The number of rotatable bonds is 5. The van der Waals surface area contributed by atoms with Gasteiger partial charge in [0, 0.05) is 12.1 Å². The molecule has 7 nitrogen and oxygen atoms in total. The van der Waals surface area contributed by atoms with Gasteiger partial charge in [0.15, 0.2) is 6.10 Å². The summed E-state index contributed by atoms with van der Waals surface area (Å²) in [6.45, 7) is 3.39. The molecular formula is C19H26N2O5S. The first kappa shape index (κ1) is 19.7. The fraction of sp³-hybridized carbons (Fsp3) is 0.579. The molecule has 1 saturated carbocycles. The van der Waals surface area contributed by atoms with E-state index in [0.717, 1.165) is 31.2 Å². The normalized spacial score (nSPS) is 21.0. The summed E-state index contributed by atoms with van der Waals surface area (Å²) in [4.78, 5) is 24.6. The second-order valence-corrected chi connectivity index (χ2v) is 9.35. The maximum atomic E-state index is 12.4. The Morgan fingerprint density at radius 3 is 2.56 bits per heavy atom. The first-order chi connectivity index (χ1) is 12.7. The third kappa shape index (κ3) is 4.26.